The molecule has 0 radical (unpaired) electrons. The zero-order chi connectivity index (χ0) is 9.26. The highest BCUT2D eigenvalue weighted by Crippen LogP contribution is 2.30. The van der Waals surface area contributed by atoms with E-state index >= 15 is 0 Å². The summed E-state index contributed by atoms with van der Waals surface area (Å²) >= 11 is 3.37. The molecule has 0 saturated heterocycles. The zero-order valence-corrected chi connectivity index (χ0v) is 8.79. The molecule has 1 fully saturated rings. The molecule has 1 aromatic carbocycles. The Morgan fingerprint density at radius 1 is 1.31 bits per heavy atom. The molecule has 68 valence electrons. The first kappa shape index (κ1) is 8.75. The van der Waals surface area contributed by atoms with Gasteiger partial charge in [0.2, 0.25) is 0 Å². The Hall–Kier alpha value is -0.830. The van der Waals surface area contributed by atoms with E-state index in [1.54, 1.807) is 0 Å². The minimum Gasteiger partial charge on any atom is -0.387 e. The molecule has 0 aromatic heterocycles. The molecule has 0 unspecified atom stereocenters. The summed E-state index contributed by atoms with van der Waals surface area (Å²) in [4.78, 5) is 4.34. The third kappa shape index (κ3) is 2.31. The Bertz CT molecular complexity index is 325. The van der Waals surface area contributed by atoms with Gasteiger partial charge in [0.25, 0.3) is 0 Å². The lowest BCUT2D eigenvalue weighted by Crippen LogP contribution is -2.12. The van der Waals surface area contributed by atoms with Gasteiger partial charge in [-0.05, 0) is 37.1 Å². The standard InChI is InChI=1S/C10H11BrN2/c11-8-3-5-9(6-4-8)13-10(12)7-1-2-7/h3-7H,1-2H2,(H2,12,13). The van der Waals surface area contributed by atoms with E-state index in [1.807, 2.05) is 24.3 Å². The second-order valence-electron chi connectivity index (χ2n) is 3.29. The van der Waals surface area contributed by atoms with Crippen LogP contribution in [-0.4, -0.2) is 5.84 Å². The molecule has 1 aliphatic carbocycles. The van der Waals surface area contributed by atoms with Crippen LogP contribution in [0.5, 0.6) is 0 Å². The molecular weight excluding hydrogens is 228 g/mol. The molecular formula is C10H11BrN2. The first-order chi connectivity index (χ1) is 6.25. The summed E-state index contributed by atoms with van der Waals surface area (Å²) in [6.45, 7) is 0. The first-order valence-corrected chi connectivity index (χ1v) is 5.14. The fraction of sp³-hybridized carbons (Fsp3) is 0.300. The summed E-state index contributed by atoms with van der Waals surface area (Å²) in [5.74, 6) is 1.32. The maximum atomic E-state index is 5.79. The predicted octanol–water partition coefficient (Wildman–Crippen LogP) is 2.85. The molecule has 2 rings (SSSR count). The largest absolute Gasteiger partial charge is 0.387 e. The SMILES string of the molecule is NC(=Nc1ccc(Br)cc1)C1CC1. The molecule has 0 bridgehead atoms. The highest BCUT2D eigenvalue weighted by atomic mass is 79.9. The monoisotopic (exact) mass is 238 g/mol. The number of halogens is 1. The molecule has 0 amide bonds. The van der Waals surface area contributed by atoms with E-state index in [4.69, 9.17) is 5.73 Å². The van der Waals surface area contributed by atoms with E-state index < -0.39 is 0 Å². The Morgan fingerprint density at radius 2 is 1.92 bits per heavy atom. The van der Waals surface area contributed by atoms with Crippen LogP contribution in [0.1, 0.15) is 12.8 Å². The van der Waals surface area contributed by atoms with E-state index in [0.717, 1.165) is 16.0 Å². The van der Waals surface area contributed by atoms with Crippen LogP contribution in [0, 0.1) is 5.92 Å². The normalized spacial score (nSPS) is 17.5. The summed E-state index contributed by atoms with van der Waals surface area (Å²) in [5.41, 5.74) is 6.72. The summed E-state index contributed by atoms with van der Waals surface area (Å²) in [7, 11) is 0. The van der Waals surface area contributed by atoms with Crippen molar-refractivity contribution >= 4 is 27.5 Å². The predicted molar refractivity (Wildman–Crippen MR) is 58.1 cm³/mol. The van der Waals surface area contributed by atoms with Crippen molar-refractivity contribution in [2.45, 2.75) is 12.8 Å². The van der Waals surface area contributed by atoms with Gasteiger partial charge in [-0.2, -0.15) is 0 Å². The van der Waals surface area contributed by atoms with Crippen LogP contribution in [-0.2, 0) is 0 Å². The third-order valence-electron chi connectivity index (χ3n) is 2.08. The lowest BCUT2D eigenvalue weighted by Gasteiger charge is -1.97. The van der Waals surface area contributed by atoms with Crippen LogP contribution < -0.4 is 5.73 Å². The maximum Gasteiger partial charge on any atom is 0.103 e. The van der Waals surface area contributed by atoms with E-state index in [0.29, 0.717) is 5.92 Å². The van der Waals surface area contributed by atoms with Crippen LogP contribution in [0.4, 0.5) is 5.69 Å². The second-order valence-corrected chi connectivity index (χ2v) is 4.20. The highest BCUT2D eigenvalue weighted by Gasteiger charge is 2.25. The Morgan fingerprint density at radius 3 is 2.46 bits per heavy atom. The zero-order valence-electron chi connectivity index (χ0n) is 7.20. The van der Waals surface area contributed by atoms with Gasteiger partial charge in [0.05, 0.1) is 5.69 Å². The van der Waals surface area contributed by atoms with Crippen molar-refractivity contribution in [3.63, 3.8) is 0 Å². The number of aliphatic imine (C=N–C) groups is 1. The van der Waals surface area contributed by atoms with Crippen molar-refractivity contribution in [1.82, 2.24) is 0 Å². The van der Waals surface area contributed by atoms with Crippen molar-refractivity contribution in [2.75, 3.05) is 0 Å². The quantitative estimate of drug-likeness (QED) is 0.625. The van der Waals surface area contributed by atoms with E-state index in [9.17, 15) is 0 Å². The molecule has 3 heteroatoms. The summed E-state index contributed by atoms with van der Waals surface area (Å²) in [5, 5.41) is 0. The molecule has 2 nitrogen and oxygen atoms in total. The van der Waals surface area contributed by atoms with Crippen LogP contribution in [0.15, 0.2) is 33.7 Å². The van der Waals surface area contributed by atoms with Gasteiger partial charge in [-0.25, -0.2) is 4.99 Å². The van der Waals surface area contributed by atoms with E-state index in [-0.39, 0.29) is 0 Å². The lowest BCUT2D eigenvalue weighted by atomic mass is 10.3. The Labute approximate surface area is 86.0 Å². The van der Waals surface area contributed by atoms with Crippen LogP contribution in [0.2, 0.25) is 0 Å². The highest BCUT2D eigenvalue weighted by molar-refractivity contribution is 9.10. The van der Waals surface area contributed by atoms with Crippen molar-refractivity contribution < 1.29 is 0 Å². The van der Waals surface area contributed by atoms with Crippen molar-refractivity contribution in [3.05, 3.63) is 28.7 Å². The minimum absolute atomic E-state index is 0.545. The average molecular weight is 239 g/mol. The second kappa shape index (κ2) is 3.50. The number of benzene rings is 1. The maximum absolute atomic E-state index is 5.79. The number of amidine groups is 1. The van der Waals surface area contributed by atoms with Gasteiger partial charge in [-0.15, -0.1) is 0 Å². The van der Waals surface area contributed by atoms with Gasteiger partial charge >= 0.3 is 0 Å². The number of hydrogen-bond donors (Lipinski definition) is 1. The summed E-state index contributed by atoms with van der Waals surface area (Å²) in [6, 6.07) is 7.86. The fourth-order valence-electron chi connectivity index (χ4n) is 1.14. The molecule has 0 atom stereocenters. The molecule has 0 spiro atoms. The molecule has 1 aromatic rings. The fourth-order valence-corrected chi connectivity index (χ4v) is 1.40. The lowest BCUT2D eigenvalue weighted by molar-refractivity contribution is 1.15. The topological polar surface area (TPSA) is 38.4 Å². The Balaban J connectivity index is 2.16. The van der Waals surface area contributed by atoms with E-state index in [2.05, 4.69) is 20.9 Å². The van der Waals surface area contributed by atoms with Crippen LogP contribution in [0.3, 0.4) is 0 Å². The number of rotatable bonds is 2. The number of nitrogens with zero attached hydrogens (tertiary/aromatic N) is 1. The van der Waals surface area contributed by atoms with Gasteiger partial charge in [-0.3, -0.25) is 0 Å². The van der Waals surface area contributed by atoms with Gasteiger partial charge in [0.1, 0.15) is 5.84 Å². The van der Waals surface area contributed by atoms with Gasteiger partial charge in [-0.1, -0.05) is 15.9 Å². The summed E-state index contributed by atoms with van der Waals surface area (Å²) < 4.78 is 1.07. The first-order valence-electron chi connectivity index (χ1n) is 4.35. The molecule has 1 aliphatic rings. The van der Waals surface area contributed by atoms with Crippen molar-refractivity contribution in [3.8, 4) is 0 Å². The van der Waals surface area contributed by atoms with Gasteiger partial charge in [0, 0.05) is 10.4 Å². The minimum atomic E-state index is 0.545. The third-order valence-corrected chi connectivity index (χ3v) is 2.61. The molecule has 2 N–H and O–H groups in total. The van der Waals surface area contributed by atoms with Crippen molar-refractivity contribution in [2.24, 2.45) is 16.6 Å². The molecule has 13 heavy (non-hydrogen) atoms. The van der Waals surface area contributed by atoms with Crippen molar-refractivity contribution in [1.29, 1.82) is 0 Å². The van der Waals surface area contributed by atoms with Crippen LogP contribution in [0.25, 0.3) is 0 Å². The van der Waals surface area contributed by atoms with Gasteiger partial charge < -0.3 is 5.73 Å². The molecule has 0 aliphatic heterocycles. The smallest absolute Gasteiger partial charge is 0.103 e. The summed E-state index contributed by atoms with van der Waals surface area (Å²) in [6.07, 6.45) is 2.40. The Kier molecular flexibility index (Phi) is 2.36. The van der Waals surface area contributed by atoms with E-state index in [1.165, 1.54) is 12.8 Å². The molecule has 1 saturated carbocycles. The molecule has 0 heterocycles. The van der Waals surface area contributed by atoms with Gasteiger partial charge in [0.15, 0.2) is 0 Å². The van der Waals surface area contributed by atoms with Crippen LogP contribution >= 0.6 is 15.9 Å². The number of hydrogen-bond acceptors (Lipinski definition) is 1. The number of nitrogens with two attached hydrogens (primary N) is 1. The average Bonchev–Trinajstić information content (AvgIpc) is 2.91.